The van der Waals surface area contributed by atoms with Gasteiger partial charge in [0.25, 0.3) is 0 Å². The molecular weight excluding hydrogens is 176 g/mol. The van der Waals surface area contributed by atoms with E-state index in [4.69, 9.17) is 16.3 Å². The van der Waals surface area contributed by atoms with Gasteiger partial charge in [-0.15, -0.1) is 11.6 Å². The van der Waals surface area contributed by atoms with Crippen molar-refractivity contribution in [2.75, 3.05) is 0 Å². The van der Waals surface area contributed by atoms with Crippen LogP contribution in [0.2, 0.25) is 0 Å². The summed E-state index contributed by atoms with van der Waals surface area (Å²) in [6, 6.07) is 0. The molecule has 2 aliphatic heterocycles. The van der Waals surface area contributed by atoms with Gasteiger partial charge in [0, 0.05) is 6.42 Å². The fraction of sp³-hybridized carbons (Fsp3) is 0.889. The van der Waals surface area contributed by atoms with E-state index in [0.29, 0.717) is 6.42 Å². The summed E-state index contributed by atoms with van der Waals surface area (Å²) in [6.07, 6.45) is 2.35. The Labute approximate surface area is 77.2 Å². The predicted octanol–water partition coefficient (Wildman–Crippen LogP) is 1.89. The van der Waals surface area contributed by atoms with Gasteiger partial charge in [0.2, 0.25) is 0 Å². The number of halogens is 1. The van der Waals surface area contributed by atoms with Crippen molar-refractivity contribution in [3.63, 3.8) is 0 Å². The van der Waals surface area contributed by atoms with Crippen LogP contribution in [0.4, 0.5) is 0 Å². The molecule has 0 aromatic heterocycles. The van der Waals surface area contributed by atoms with Gasteiger partial charge < -0.3 is 4.74 Å². The molecule has 68 valence electrons. The third-order valence-corrected chi connectivity index (χ3v) is 3.70. The number of ether oxygens (including phenoxy) is 1. The molecule has 2 rings (SSSR count). The number of Topliss-reactive ketones (excluding diaryl/α,β-unsaturated/α-hetero) is 1. The standard InChI is InChI=1S/C9H13ClO2/c1-8-3-4-9(2,12-8)7(10)6(11)5-8/h7H,3-5H2,1-2H3. The molecule has 0 aromatic carbocycles. The first-order valence-electron chi connectivity index (χ1n) is 4.32. The number of alkyl halides is 1. The van der Waals surface area contributed by atoms with Gasteiger partial charge in [0.15, 0.2) is 5.78 Å². The van der Waals surface area contributed by atoms with Crippen LogP contribution in [0.5, 0.6) is 0 Å². The highest BCUT2D eigenvalue weighted by Gasteiger charge is 2.55. The first kappa shape index (κ1) is 8.52. The summed E-state index contributed by atoms with van der Waals surface area (Å²) in [5.41, 5.74) is -0.622. The second-order valence-electron chi connectivity index (χ2n) is 4.37. The first-order valence-corrected chi connectivity index (χ1v) is 4.76. The van der Waals surface area contributed by atoms with Crippen LogP contribution in [-0.4, -0.2) is 22.4 Å². The summed E-state index contributed by atoms with van der Waals surface area (Å²) < 4.78 is 5.80. The van der Waals surface area contributed by atoms with Crippen molar-refractivity contribution < 1.29 is 9.53 Å². The van der Waals surface area contributed by atoms with E-state index >= 15 is 0 Å². The fourth-order valence-corrected chi connectivity index (χ4v) is 2.51. The zero-order valence-corrected chi connectivity index (χ0v) is 8.15. The largest absolute Gasteiger partial charge is 0.367 e. The highest BCUT2D eigenvalue weighted by Crippen LogP contribution is 2.48. The lowest BCUT2D eigenvalue weighted by Crippen LogP contribution is -2.49. The zero-order valence-electron chi connectivity index (χ0n) is 7.39. The van der Waals surface area contributed by atoms with E-state index in [2.05, 4.69) is 0 Å². The summed E-state index contributed by atoms with van der Waals surface area (Å²) in [6.45, 7) is 3.94. The zero-order chi connectivity index (χ0) is 8.98. The van der Waals surface area contributed by atoms with Crippen LogP contribution in [0.3, 0.4) is 0 Å². The van der Waals surface area contributed by atoms with E-state index in [1.54, 1.807) is 0 Å². The Morgan fingerprint density at radius 2 is 2.17 bits per heavy atom. The SMILES string of the molecule is CC12CCC(C)(O1)C(Cl)C(=O)C2. The molecular formula is C9H13ClO2. The monoisotopic (exact) mass is 188 g/mol. The summed E-state index contributed by atoms with van der Waals surface area (Å²) in [5, 5.41) is -0.437. The molecule has 0 aliphatic carbocycles. The van der Waals surface area contributed by atoms with Gasteiger partial charge in [0.05, 0.1) is 11.2 Å². The summed E-state index contributed by atoms with van der Waals surface area (Å²) in [5.74, 6) is 0.144. The van der Waals surface area contributed by atoms with Gasteiger partial charge in [0.1, 0.15) is 5.38 Å². The lowest BCUT2D eigenvalue weighted by Gasteiger charge is -2.38. The van der Waals surface area contributed by atoms with Crippen LogP contribution in [0, 0.1) is 0 Å². The Kier molecular flexibility index (Phi) is 1.59. The molecule has 0 spiro atoms. The lowest BCUT2D eigenvalue weighted by atomic mass is 9.93. The van der Waals surface area contributed by atoms with Gasteiger partial charge in [-0.2, -0.15) is 0 Å². The predicted molar refractivity (Wildman–Crippen MR) is 46.4 cm³/mol. The Balaban J connectivity index is 2.34. The highest BCUT2D eigenvalue weighted by molar-refractivity contribution is 6.32. The van der Waals surface area contributed by atoms with Crippen molar-refractivity contribution in [1.29, 1.82) is 0 Å². The molecule has 3 heteroatoms. The number of hydrogen-bond acceptors (Lipinski definition) is 2. The van der Waals surface area contributed by atoms with E-state index < -0.39 is 11.0 Å². The maximum Gasteiger partial charge on any atom is 0.156 e. The molecule has 0 amide bonds. The number of carbonyl (C=O) groups is 1. The van der Waals surface area contributed by atoms with Crippen LogP contribution >= 0.6 is 11.6 Å². The van der Waals surface area contributed by atoms with Gasteiger partial charge >= 0.3 is 0 Å². The van der Waals surface area contributed by atoms with Gasteiger partial charge in [-0.25, -0.2) is 0 Å². The minimum absolute atomic E-state index is 0.144. The van der Waals surface area contributed by atoms with Crippen molar-refractivity contribution in [2.24, 2.45) is 0 Å². The van der Waals surface area contributed by atoms with E-state index in [-0.39, 0.29) is 11.4 Å². The fourth-order valence-electron chi connectivity index (χ4n) is 2.28. The quantitative estimate of drug-likeness (QED) is 0.543. The van der Waals surface area contributed by atoms with Crippen molar-refractivity contribution in [2.45, 2.75) is 49.7 Å². The summed E-state index contributed by atoms with van der Waals surface area (Å²) in [4.78, 5) is 11.5. The van der Waals surface area contributed by atoms with Gasteiger partial charge in [-0.1, -0.05) is 0 Å². The molecule has 3 unspecified atom stereocenters. The Morgan fingerprint density at radius 1 is 1.50 bits per heavy atom. The van der Waals surface area contributed by atoms with Crippen LogP contribution < -0.4 is 0 Å². The van der Waals surface area contributed by atoms with Crippen molar-refractivity contribution in [1.82, 2.24) is 0 Å². The topological polar surface area (TPSA) is 26.3 Å². The molecule has 2 bridgehead atoms. The molecule has 0 radical (unpaired) electrons. The third-order valence-electron chi connectivity index (χ3n) is 3.00. The summed E-state index contributed by atoms with van der Waals surface area (Å²) >= 11 is 5.99. The minimum Gasteiger partial charge on any atom is -0.367 e. The minimum atomic E-state index is -0.437. The first-order chi connectivity index (χ1) is 5.45. The molecule has 0 aromatic rings. The Bertz CT molecular complexity index is 241. The average Bonchev–Trinajstić information content (AvgIpc) is 2.22. The third kappa shape index (κ3) is 1.01. The maximum atomic E-state index is 11.5. The normalized spacial score (nSPS) is 52.9. The maximum absolute atomic E-state index is 11.5. The molecule has 2 heterocycles. The van der Waals surface area contributed by atoms with E-state index in [9.17, 15) is 4.79 Å². The second kappa shape index (κ2) is 2.24. The molecule has 0 N–H and O–H groups in total. The van der Waals surface area contributed by atoms with Gasteiger partial charge in [-0.3, -0.25) is 4.79 Å². The number of fused-ring (bicyclic) bond motifs is 2. The van der Waals surface area contributed by atoms with Crippen LogP contribution in [0.15, 0.2) is 0 Å². The van der Waals surface area contributed by atoms with Crippen molar-refractivity contribution in [3.05, 3.63) is 0 Å². The van der Waals surface area contributed by atoms with E-state index in [1.165, 1.54) is 0 Å². The molecule has 12 heavy (non-hydrogen) atoms. The van der Waals surface area contributed by atoms with Crippen LogP contribution in [-0.2, 0) is 9.53 Å². The molecule has 2 aliphatic rings. The Hall–Kier alpha value is -0.0800. The summed E-state index contributed by atoms with van der Waals surface area (Å²) in [7, 11) is 0. The van der Waals surface area contributed by atoms with Crippen LogP contribution in [0.25, 0.3) is 0 Å². The number of ketones is 1. The number of rotatable bonds is 0. The average molecular weight is 189 g/mol. The Morgan fingerprint density at radius 3 is 2.83 bits per heavy atom. The van der Waals surface area contributed by atoms with E-state index in [0.717, 1.165) is 12.8 Å². The smallest absolute Gasteiger partial charge is 0.156 e. The van der Waals surface area contributed by atoms with Crippen LogP contribution in [0.1, 0.15) is 33.1 Å². The molecule has 2 nitrogen and oxygen atoms in total. The molecule has 2 saturated heterocycles. The molecule has 2 fully saturated rings. The molecule has 0 saturated carbocycles. The lowest BCUT2D eigenvalue weighted by molar-refractivity contribution is -0.151. The van der Waals surface area contributed by atoms with Crippen molar-refractivity contribution in [3.8, 4) is 0 Å². The van der Waals surface area contributed by atoms with E-state index in [1.807, 2.05) is 13.8 Å². The second-order valence-corrected chi connectivity index (χ2v) is 4.81. The molecule has 3 atom stereocenters. The van der Waals surface area contributed by atoms with Crippen molar-refractivity contribution >= 4 is 17.4 Å². The number of carbonyl (C=O) groups excluding carboxylic acids is 1. The number of hydrogen-bond donors (Lipinski definition) is 0. The highest BCUT2D eigenvalue weighted by atomic mass is 35.5. The van der Waals surface area contributed by atoms with Gasteiger partial charge in [-0.05, 0) is 26.7 Å².